The van der Waals surface area contributed by atoms with Gasteiger partial charge in [0.2, 0.25) is 0 Å². The van der Waals surface area contributed by atoms with Crippen molar-refractivity contribution in [3.63, 3.8) is 0 Å². The van der Waals surface area contributed by atoms with E-state index >= 15 is 0 Å². The minimum Gasteiger partial charge on any atom is -0.390 e. The second-order valence-corrected chi connectivity index (χ2v) is 5.76. The van der Waals surface area contributed by atoms with E-state index in [1.165, 1.54) is 4.68 Å². The number of hydrogen-bond donors (Lipinski definition) is 2. The summed E-state index contributed by atoms with van der Waals surface area (Å²) < 4.78 is 1.51. The van der Waals surface area contributed by atoms with Crippen LogP contribution in [0.2, 0.25) is 0 Å². The van der Waals surface area contributed by atoms with Gasteiger partial charge in [-0.1, -0.05) is 13.8 Å². The summed E-state index contributed by atoms with van der Waals surface area (Å²) in [5.41, 5.74) is 0.888. The molecule has 1 unspecified atom stereocenters. The van der Waals surface area contributed by atoms with E-state index in [0.717, 1.165) is 12.8 Å². The van der Waals surface area contributed by atoms with E-state index in [-0.39, 0.29) is 17.8 Å². The highest BCUT2D eigenvalue weighted by Crippen LogP contribution is 2.22. The molecule has 21 heavy (non-hydrogen) atoms. The Morgan fingerprint density at radius 3 is 2.43 bits per heavy atom. The zero-order valence-electron chi connectivity index (χ0n) is 13.5. The largest absolute Gasteiger partial charge is 0.390 e. The highest BCUT2D eigenvalue weighted by atomic mass is 16.6. The van der Waals surface area contributed by atoms with Crippen LogP contribution in [-0.2, 0) is 6.54 Å². The van der Waals surface area contributed by atoms with Crippen molar-refractivity contribution in [3.05, 3.63) is 21.5 Å². The number of aliphatic hydroxyl groups excluding tert-OH is 1. The minimum atomic E-state index is -0.639. The van der Waals surface area contributed by atoms with E-state index in [9.17, 15) is 15.2 Å². The van der Waals surface area contributed by atoms with Gasteiger partial charge in [-0.05, 0) is 33.6 Å². The van der Waals surface area contributed by atoms with Crippen LogP contribution in [0, 0.1) is 24.0 Å². The minimum absolute atomic E-state index is 0.00204. The van der Waals surface area contributed by atoms with Crippen LogP contribution in [0.5, 0.6) is 0 Å². The average molecular weight is 298 g/mol. The van der Waals surface area contributed by atoms with Crippen molar-refractivity contribution in [2.45, 2.75) is 65.6 Å². The number of rotatable bonds is 8. The van der Waals surface area contributed by atoms with Gasteiger partial charge in [0.15, 0.2) is 0 Å². The normalized spacial score (nSPS) is 13.4. The molecule has 1 heterocycles. The molecular weight excluding hydrogens is 272 g/mol. The molecule has 0 spiro atoms. The molecule has 7 heteroatoms. The molecular formula is C14H26N4O3. The van der Waals surface area contributed by atoms with Crippen LogP contribution in [0.15, 0.2) is 0 Å². The molecule has 0 aliphatic heterocycles. The number of nitrogens with one attached hydrogen (secondary N) is 1. The summed E-state index contributed by atoms with van der Waals surface area (Å²) in [6, 6.07) is 0. The Morgan fingerprint density at radius 2 is 2.00 bits per heavy atom. The third kappa shape index (κ3) is 4.25. The molecule has 0 saturated carbocycles. The maximum Gasteiger partial charge on any atom is 0.312 e. The molecule has 1 rings (SSSR count). The first-order valence-electron chi connectivity index (χ1n) is 7.35. The number of hydrogen-bond acceptors (Lipinski definition) is 5. The SMILES string of the molecule is CCC(C)(CC)NCC(O)Cn1nc(C)c([N+](=O)[O-])c1C. The van der Waals surface area contributed by atoms with E-state index in [1.54, 1.807) is 13.8 Å². The maximum absolute atomic E-state index is 11.0. The summed E-state index contributed by atoms with van der Waals surface area (Å²) >= 11 is 0. The highest BCUT2D eigenvalue weighted by molar-refractivity contribution is 5.39. The third-order valence-corrected chi connectivity index (χ3v) is 4.23. The zero-order chi connectivity index (χ0) is 16.2. The topological polar surface area (TPSA) is 93.2 Å². The van der Waals surface area contributed by atoms with Crippen LogP contribution in [0.3, 0.4) is 0 Å². The molecule has 0 saturated heterocycles. The van der Waals surface area contributed by atoms with Gasteiger partial charge >= 0.3 is 5.69 Å². The summed E-state index contributed by atoms with van der Waals surface area (Å²) in [5.74, 6) is 0. The number of nitro groups is 1. The van der Waals surface area contributed by atoms with Gasteiger partial charge in [0.1, 0.15) is 11.4 Å². The van der Waals surface area contributed by atoms with Gasteiger partial charge < -0.3 is 10.4 Å². The van der Waals surface area contributed by atoms with Gasteiger partial charge in [0, 0.05) is 12.1 Å². The summed E-state index contributed by atoms with van der Waals surface area (Å²) in [5, 5.41) is 28.6. The Kier molecular flexibility index (Phi) is 5.86. The number of β-amino-alcohol motifs (C(OH)–C–C–N with tert-alkyl or cyclic N) is 1. The molecule has 1 atom stereocenters. The molecule has 0 amide bonds. The predicted octanol–water partition coefficient (Wildman–Crippen LogP) is 1.94. The number of nitrogens with zero attached hydrogens (tertiary/aromatic N) is 3. The van der Waals surface area contributed by atoms with E-state index in [2.05, 4.69) is 31.2 Å². The fourth-order valence-corrected chi connectivity index (χ4v) is 2.26. The molecule has 2 N–H and O–H groups in total. The molecule has 0 bridgehead atoms. The molecule has 120 valence electrons. The fourth-order valence-electron chi connectivity index (χ4n) is 2.26. The van der Waals surface area contributed by atoms with Crippen molar-refractivity contribution in [2.75, 3.05) is 6.54 Å². The van der Waals surface area contributed by atoms with Crippen molar-refractivity contribution in [2.24, 2.45) is 0 Å². The van der Waals surface area contributed by atoms with Gasteiger partial charge in [-0.2, -0.15) is 5.10 Å². The van der Waals surface area contributed by atoms with Crippen molar-refractivity contribution in [1.29, 1.82) is 0 Å². The summed E-state index contributed by atoms with van der Waals surface area (Å²) in [7, 11) is 0. The second-order valence-electron chi connectivity index (χ2n) is 5.76. The van der Waals surface area contributed by atoms with Crippen LogP contribution in [0.25, 0.3) is 0 Å². The number of aryl methyl sites for hydroxylation is 1. The third-order valence-electron chi connectivity index (χ3n) is 4.23. The van der Waals surface area contributed by atoms with E-state index in [4.69, 9.17) is 0 Å². The van der Waals surface area contributed by atoms with E-state index in [1.807, 2.05) is 0 Å². The monoisotopic (exact) mass is 298 g/mol. The molecule has 0 aromatic carbocycles. The van der Waals surface area contributed by atoms with Gasteiger partial charge in [0.05, 0.1) is 17.6 Å². The Hall–Kier alpha value is -1.47. The highest BCUT2D eigenvalue weighted by Gasteiger charge is 2.24. The Labute approximate surface area is 125 Å². The van der Waals surface area contributed by atoms with Gasteiger partial charge in [0.25, 0.3) is 0 Å². The Balaban J connectivity index is 2.70. The quantitative estimate of drug-likeness (QED) is 0.565. The average Bonchev–Trinajstić information content (AvgIpc) is 2.70. The summed E-state index contributed by atoms with van der Waals surface area (Å²) in [4.78, 5) is 10.5. The van der Waals surface area contributed by atoms with Crippen molar-refractivity contribution in [1.82, 2.24) is 15.1 Å². The molecule has 0 aliphatic carbocycles. The first-order chi connectivity index (χ1) is 9.74. The van der Waals surface area contributed by atoms with Crippen molar-refractivity contribution in [3.8, 4) is 0 Å². The summed E-state index contributed by atoms with van der Waals surface area (Å²) in [6.45, 7) is 10.3. The standard InChI is InChI=1S/C14H26N4O3/c1-6-14(5,7-2)15-8-12(19)9-17-11(4)13(18(20)21)10(3)16-17/h12,15,19H,6-9H2,1-5H3. The number of aromatic nitrogens is 2. The first-order valence-corrected chi connectivity index (χ1v) is 7.35. The fraction of sp³-hybridized carbons (Fsp3) is 0.786. The molecule has 1 aromatic rings. The van der Waals surface area contributed by atoms with Crippen LogP contribution < -0.4 is 5.32 Å². The number of aliphatic hydroxyl groups is 1. The first kappa shape index (κ1) is 17.6. The Morgan fingerprint density at radius 1 is 1.43 bits per heavy atom. The lowest BCUT2D eigenvalue weighted by Crippen LogP contribution is -2.45. The van der Waals surface area contributed by atoms with Crippen molar-refractivity contribution < 1.29 is 10.0 Å². The predicted molar refractivity (Wildman–Crippen MR) is 81.4 cm³/mol. The lowest BCUT2D eigenvalue weighted by molar-refractivity contribution is -0.386. The second kappa shape index (κ2) is 7.00. The Bertz CT molecular complexity index is 495. The van der Waals surface area contributed by atoms with Crippen LogP contribution >= 0.6 is 0 Å². The molecule has 7 nitrogen and oxygen atoms in total. The molecule has 0 radical (unpaired) electrons. The summed E-state index contributed by atoms with van der Waals surface area (Å²) in [6.07, 6.45) is 1.31. The molecule has 0 aliphatic rings. The maximum atomic E-state index is 11.0. The molecule has 1 aromatic heterocycles. The van der Waals surface area contributed by atoms with E-state index < -0.39 is 11.0 Å². The lowest BCUT2D eigenvalue weighted by Gasteiger charge is -2.29. The zero-order valence-corrected chi connectivity index (χ0v) is 13.5. The van der Waals surface area contributed by atoms with Gasteiger partial charge in [-0.15, -0.1) is 0 Å². The van der Waals surface area contributed by atoms with Crippen molar-refractivity contribution >= 4 is 5.69 Å². The van der Waals surface area contributed by atoms with Gasteiger partial charge in [-0.3, -0.25) is 14.8 Å². The van der Waals surface area contributed by atoms with Gasteiger partial charge in [-0.25, -0.2) is 0 Å². The van der Waals surface area contributed by atoms with E-state index in [0.29, 0.717) is 17.9 Å². The smallest absolute Gasteiger partial charge is 0.312 e. The lowest BCUT2D eigenvalue weighted by atomic mass is 9.95. The van der Waals surface area contributed by atoms with Crippen LogP contribution in [0.4, 0.5) is 5.69 Å². The van der Waals surface area contributed by atoms with Crippen LogP contribution in [0.1, 0.15) is 45.0 Å². The van der Waals surface area contributed by atoms with Crippen LogP contribution in [-0.4, -0.2) is 38.0 Å². The molecule has 0 fully saturated rings.